The molecule has 0 saturated carbocycles. The lowest BCUT2D eigenvalue weighted by atomic mass is 10.1. The van der Waals surface area contributed by atoms with Crippen molar-refractivity contribution in [3.63, 3.8) is 0 Å². The van der Waals surface area contributed by atoms with Crippen LogP contribution in [0.15, 0.2) is 47.1 Å². The second kappa shape index (κ2) is 6.00. The van der Waals surface area contributed by atoms with Crippen molar-refractivity contribution >= 4 is 22.2 Å². The van der Waals surface area contributed by atoms with E-state index in [0.717, 1.165) is 12.1 Å². The number of nitrogens with zero attached hydrogens (tertiary/aromatic N) is 2. The van der Waals surface area contributed by atoms with Crippen molar-refractivity contribution in [2.75, 3.05) is 0 Å². The van der Waals surface area contributed by atoms with Gasteiger partial charge in [0, 0.05) is 11.6 Å². The maximum absolute atomic E-state index is 13.4. The number of aromatic nitrogens is 2. The van der Waals surface area contributed by atoms with Crippen LogP contribution in [0, 0.1) is 17.5 Å². The molecule has 2 aromatic carbocycles. The van der Waals surface area contributed by atoms with E-state index in [9.17, 15) is 18.0 Å². The highest BCUT2D eigenvalue weighted by atomic mass is 79.9. The molecule has 0 atom stereocenters. The predicted octanol–water partition coefficient (Wildman–Crippen LogP) is 4.53. The highest BCUT2D eigenvalue weighted by Gasteiger charge is 2.19. The summed E-state index contributed by atoms with van der Waals surface area (Å²) in [6, 6.07) is 8.82. The normalized spacial score (nSPS) is 10.8. The van der Waals surface area contributed by atoms with Crippen LogP contribution in [0.25, 0.3) is 16.9 Å². The summed E-state index contributed by atoms with van der Waals surface area (Å²) in [6.45, 7) is 0. The number of benzene rings is 2. The minimum Gasteiger partial charge on any atom is -0.298 e. The Hall–Kier alpha value is -2.41. The molecule has 0 spiro atoms. The Morgan fingerprint density at radius 2 is 1.83 bits per heavy atom. The average molecular weight is 381 g/mol. The lowest BCUT2D eigenvalue weighted by Crippen LogP contribution is -1.99. The Bertz CT molecular complexity index is 908. The number of carbonyl (C=O) groups excluding carboxylic acids is 1. The van der Waals surface area contributed by atoms with E-state index in [-0.39, 0.29) is 21.5 Å². The molecular formula is C16H8BrF3N2O. The Morgan fingerprint density at radius 1 is 1.04 bits per heavy atom. The second-order valence-electron chi connectivity index (χ2n) is 4.69. The van der Waals surface area contributed by atoms with Gasteiger partial charge >= 0.3 is 0 Å². The molecular weight excluding hydrogens is 373 g/mol. The Kier molecular flexibility index (Phi) is 4.04. The summed E-state index contributed by atoms with van der Waals surface area (Å²) in [6.07, 6.45) is 0.563. The van der Waals surface area contributed by atoms with E-state index >= 15 is 0 Å². The fourth-order valence-electron chi connectivity index (χ4n) is 2.15. The molecule has 1 aromatic heterocycles. The highest BCUT2D eigenvalue weighted by molar-refractivity contribution is 9.10. The monoisotopic (exact) mass is 380 g/mol. The van der Waals surface area contributed by atoms with E-state index in [0.29, 0.717) is 11.8 Å². The molecule has 116 valence electrons. The smallest absolute Gasteiger partial charge is 0.160 e. The number of hydrogen-bond acceptors (Lipinski definition) is 2. The molecule has 0 bridgehead atoms. The summed E-state index contributed by atoms with van der Waals surface area (Å²) in [5.41, 5.74) is 1.03. The van der Waals surface area contributed by atoms with Crippen LogP contribution in [0.4, 0.5) is 13.2 Å². The quantitative estimate of drug-likeness (QED) is 0.625. The summed E-state index contributed by atoms with van der Waals surface area (Å²) in [5, 5.41) is 4.22. The van der Waals surface area contributed by atoms with E-state index in [1.165, 1.54) is 28.9 Å². The zero-order valence-corrected chi connectivity index (χ0v) is 13.0. The highest BCUT2D eigenvalue weighted by Crippen LogP contribution is 2.30. The molecule has 0 radical (unpaired) electrons. The third-order valence-electron chi connectivity index (χ3n) is 3.23. The zero-order chi connectivity index (χ0) is 16.6. The van der Waals surface area contributed by atoms with Gasteiger partial charge in [-0.1, -0.05) is 12.1 Å². The van der Waals surface area contributed by atoms with E-state index in [1.807, 2.05) is 0 Å². The molecule has 0 aliphatic heterocycles. The van der Waals surface area contributed by atoms with Crippen molar-refractivity contribution in [3.8, 4) is 16.9 Å². The maximum atomic E-state index is 13.4. The van der Waals surface area contributed by atoms with Gasteiger partial charge in [-0.15, -0.1) is 0 Å². The standard InChI is InChI=1S/C16H8BrF3N2O/c17-16-12(8-23)15(9-2-1-3-10(18)6-9)21-22(16)11-4-5-13(19)14(20)7-11/h1-8H. The van der Waals surface area contributed by atoms with E-state index in [2.05, 4.69) is 21.0 Å². The largest absolute Gasteiger partial charge is 0.298 e. The summed E-state index contributed by atoms with van der Waals surface area (Å²) in [5.74, 6) is -2.50. The number of hydrogen-bond donors (Lipinski definition) is 0. The second-order valence-corrected chi connectivity index (χ2v) is 5.44. The number of aldehydes is 1. The molecule has 1 heterocycles. The van der Waals surface area contributed by atoms with E-state index in [4.69, 9.17) is 0 Å². The SMILES string of the molecule is O=Cc1c(-c2cccc(F)c2)nn(-c2ccc(F)c(F)c2)c1Br. The zero-order valence-electron chi connectivity index (χ0n) is 11.4. The number of carbonyl (C=O) groups is 1. The lowest BCUT2D eigenvalue weighted by molar-refractivity contribution is 0.112. The van der Waals surface area contributed by atoms with Gasteiger partial charge in [-0.25, -0.2) is 17.9 Å². The Balaban J connectivity index is 2.20. The molecule has 0 unspecified atom stereocenters. The van der Waals surface area contributed by atoms with Crippen molar-refractivity contribution in [1.29, 1.82) is 0 Å². The maximum Gasteiger partial charge on any atom is 0.160 e. The van der Waals surface area contributed by atoms with Crippen LogP contribution in [0.5, 0.6) is 0 Å². The summed E-state index contributed by atoms with van der Waals surface area (Å²) in [4.78, 5) is 11.4. The van der Waals surface area contributed by atoms with Crippen molar-refractivity contribution in [3.05, 3.63) is 70.1 Å². The summed E-state index contributed by atoms with van der Waals surface area (Å²) in [7, 11) is 0. The van der Waals surface area contributed by atoms with Gasteiger partial charge in [-0.2, -0.15) is 5.10 Å². The van der Waals surface area contributed by atoms with Crippen LogP contribution in [-0.4, -0.2) is 16.1 Å². The minimum absolute atomic E-state index is 0.181. The van der Waals surface area contributed by atoms with Gasteiger partial charge in [0.15, 0.2) is 17.9 Å². The van der Waals surface area contributed by atoms with Crippen LogP contribution in [-0.2, 0) is 0 Å². The fraction of sp³-hybridized carbons (Fsp3) is 0. The predicted molar refractivity (Wildman–Crippen MR) is 82.0 cm³/mol. The van der Waals surface area contributed by atoms with Gasteiger partial charge in [0.25, 0.3) is 0 Å². The molecule has 0 aliphatic rings. The van der Waals surface area contributed by atoms with Crippen LogP contribution in [0.2, 0.25) is 0 Å². The first-order valence-electron chi connectivity index (χ1n) is 6.46. The molecule has 0 saturated heterocycles. The van der Waals surface area contributed by atoms with E-state index < -0.39 is 17.5 Å². The molecule has 0 amide bonds. The first-order chi connectivity index (χ1) is 11.0. The van der Waals surface area contributed by atoms with Crippen LogP contribution >= 0.6 is 15.9 Å². The number of halogens is 4. The number of rotatable bonds is 3. The molecule has 0 aliphatic carbocycles. The van der Waals surface area contributed by atoms with Gasteiger partial charge < -0.3 is 0 Å². The van der Waals surface area contributed by atoms with Gasteiger partial charge in [0.2, 0.25) is 0 Å². The van der Waals surface area contributed by atoms with Crippen LogP contribution in [0.3, 0.4) is 0 Å². The first-order valence-corrected chi connectivity index (χ1v) is 7.25. The third-order valence-corrected chi connectivity index (χ3v) is 3.99. The van der Waals surface area contributed by atoms with Crippen molar-refractivity contribution in [2.45, 2.75) is 0 Å². The Labute approximate surface area is 137 Å². The topological polar surface area (TPSA) is 34.9 Å². The molecule has 7 heteroatoms. The van der Waals surface area contributed by atoms with Crippen LogP contribution in [0.1, 0.15) is 10.4 Å². The summed E-state index contributed by atoms with van der Waals surface area (Å²) >= 11 is 3.22. The van der Waals surface area contributed by atoms with Crippen molar-refractivity contribution in [2.24, 2.45) is 0 Å². The molecule has 3 aromatic rings. The van der Waals surface area contributed by atoms with Crippen molar-refractivity contribution < 1.29 is 18.0 Å². The van der Waals surface area contributed by atoms with E-state index in [1.54, 1.807) is 6.07 Å². The van der Waals surface area contributed by atoms with Gasteiger partial charge in [-0.3, -0.25) is 4.79 Å². The molecule has 0 N–H and O–H groups in total. The summed E-state index contributed by atoms with van der Waals surface area (Å²) < 4.78 is 41.4. The molecule has 3 rings (SSSR count). The fourth-order valence-corrected chi connectivity index (χ4v) is 2.72. The minimum atomic E-state index is -1.04. The average Bonchev–Trinajstić information content (AvgIpc) is 2.87. The van der Waals surface area contributed by atoms with Crippen LogP contribution < -0.4 is 0 Å². The molecule has 23 heavy (non-hydrogen) atoms. The first kappa shape index (κ1) is 15.5. The molecule has 3 nitrogen and oxygen atoms in total. The van der Waals surface area contributed by atoms with Gasteiger partial charge in [0.05, 0.1) is 11.3 Å². The van der Waals surface area contributed by atoms with Gasteiger partial charge in [-0.05, 0) is 40.2 Å². The Morgan fingerprint density at radius 3 is 2.48 bits per heavy atom. The third kappa shape index (κ3) is 2.79. The van der Waals surface area contributed by atoms with Gasteiger partial charge in [0.1, 0.15) is 16.1 Å². The molecule has 0 fully saturated rings. The van der Waals surface area contributed by atoms with Crippen molar-refractivity contribution in [1.82, 2.24) is 9.78 Å². The lowest BCUT2D eigenvalue weighted by Gasteiger charge is -2.03.